The van der Waals surface area contributed by atoms with Crippen LogP contribution in [0.15, 0.2) is 54.9 Å². The number of fused-ring (bicyclic) bond motifs is 2. The van der Waals surface area contributed by atoms with Crippen LogP contribution < -0.4 is 19.6 Å². The first-order valence-corrected chi connectivity index (χ1v) is 25.7. The van der Waals surface area contributed by atoms with E-state index in [2.05, 4.69) is 58.4 Å². The van der Waals surface area contributed by atoms with Crippen LogP contribution in [-0.2, 0) is 31.2 Å². The lowest BCUT2D eigenvalue weighted by atomic mass is 9.78. The number of nitrogens with zero attached hydrogens (tertiary/aromatic N) is 11. The molecule has 6 aliphatic rings. The van der Waals surface area contributed by atoms with Gasteiger partial charge in [-0.15, -0.1) is 10.2 Å². The Morgan fingerprint density at radius 1 is 0.870 bits per heavy atom. The molecule has 2 aromatic carbocycles. The minimum absolute atomic E-state index is 0.00610. The molecule has 5 aromatic rings. The number of aromatic amines is 1. The SMILES string of the molecule is CC(=O)N1CCc2[nH]nc(N3CCCc4cc(-c5cnn(C)c5)c(C(F)F)cc43)c2C1.N#Cc1ccc(N2CCC3(CCN(c4ccc(N5CCC(CC6CCCCC6)CC5)nn4)CC3)C2)cc1Cl. The molecule has 3 aromatic heterocycles. The molecular formula is C53H65ClF2N12O. The van der Waals surface area contributed by atoms with Crippen molar-refractivity contribution in [3.05, 3.63) is 87.8 Å². The summed E-state index contributed by atoms with van der Waals surface area (Å²) < 4.78 is 29.7. The minimum Gasteiger partial charge on any atom is -0.371 e. The average molecular weight is 960 g/mol. The van der Waals surface area contributed by atoms with E-state index < -0.39 is 6.43 Å². The number of halogens is 3. The molecule has 364 valence electrons. The van der Waals surface area contributed by atoms with Crippen LogP contribution in [0, 0.1) is 28.6 Å². The first kappa shape index (κ1) is 47.0. The number of piperidine rings is 2. The summed E-state index contributed by atoms with van der Waals surface area (Å²) in [4.78, 5) is 23.0. The monoisotopic (exact) mass is 959 g/mol. The molecule has 16 heteroatoms. The molecule has 1 spiro atoms. The van der Waals surface area contributed by atoms with Crippen molar-refractivity contribution in [3.8, 4) is 17.2 Å². The first-order valence-electron chi connectivity index (χ1n) is 25.3. The molecular weight excluding hydrogens is 894 g/mol. The Hall–Kier alpha value is -5.75. The lowest BCUT2D eigenvalue weighted by Crippen LogP contribution is -2.42. The van der Waals surface area contributed by atoms with Crippen molar-refractivity contribution >= 4 is 46.3 Å². The molecule has 5 aliphatic heterocycles. The molecule has 11 rings (SSSR count). The Morgan fingerprint density at radius 2 is 1.58 bits per heavy atom. The lowest BCUT2D eigenvalue weighted by Gasteiger charge is -2.40. The standard InChI is InChI=1S/C31H41ClN6.C22H24F2N6O/c32-28-21-27(7-6-26(28)22-33)38-19-14-31(23-38)12-17-37(18-13-31)30-9-8-29(34-35-30)36-15-10-25(11-16-36)20-24-4-2-1-3-5-24;1-13(31)29-7-5-19-18(12-29)22(27-26-19)30-6-3-4-14-8-16(15-10-25-28(2)11-15)17(21(23)24)9-20(14)30/h6-9,21,24-25H,1-5,10-20,23H2;8-11,21H,3-7,12H2,1-2H3,(H,26,27). The number of nitriles is 1. The van der Waals surface area contributed by atoms with Crippen molar-refractivity contribution < 1.29 is 13.6 Å². The number of hydrogen-bond donors (Lipinski definition) is 1. The summed E-state index contributed by atoms with van der Waals surface area (Å²) in [5.41, 5.74) is 7.01. The third-order valence-corrected chi connectivity index (χ3v) is 16.5. The van der Waals surface area contributed by atoms with Gasteiger partial charge in [0, 0.05) is 113 Å². The van der Waals surface area contributed by atoms with Crippen LogP contribution in [0.25, 0.3) is 11.1 Å². The van der Waals surface area contributed by atoms with Gasteiger partial charge in [0.2, 0.25) is 5.91 Å². The summed E-state index contributed by atoms with van der Waals surface area (Å²) in [6.45, 7) is 9.82. The van der Waals surface area contributed by atoms with Gasteiger partial charge in [0.05, 0.1) is 23.3 Å². The number of nitrogens with one attached hydrogen (secondary N) is 1. The highest BCUT2D eigenvalue weighted by molar-refractivity contribution is 6.32. The molecule has 13 nitrogen and oxygen atoms in total. The zero-order chi connectivity index (χ0) is 47.6. The molecule has 1 saturated carbocycles. The fraction of sp³-hybridized carbons (Fsp3) is 0.547. The van der Waals surface area contributed by atoms with Gasteiger partial charge >= 0.3 is 0 Å². The van der Waals surface area contributed by atoms with Crippen LogP contribution >= 0.6 is 11.6 Å². The highest BCUT2D eigenvalue weighted by atomic mass is 35.5. The Balaban J connectivity index is 0.000000164. The molecule has 1 N–H and O–H groups in total. The van der Waals surface area contributed by atoms with Gasteiger partial charge in [0.15, 0.2) is 17.5 Å². The largest absolute Gasteiger partial charge is 0.371 e. The van der Waals surface area contributed by atoms with Crippen LogP contribution in [0.5, 0.6) is 0 Å². The second-order valence-corrected chi connectivity index (χ2v) is 21.0. The summed E-state index contributed by atoms with van der Waals surface area (Å²) in [6.07, 6.45) is 18.1. The molecule has 8 heterocycles. The van der Waals surface area contributed by atoms with Gasteiger partial charge < -0.3 is 24.5 Å². The van der Waals surface area contributed by atoms with E-state index >= 15 is 0 Å². The number of carbonyl (C=O) groups excluding carboxylic acids is 1. The van der Waals surface area contributed by atoms with Crippen LogP contribution in [0.2, 0.25) is 5.02 Å². The number of aryl methyl sites for hydroxylation is 2. The molecule has 1 aliphatic carbocycles. The first-order chi connectivity index (χ1) is 33.5. The quantitative estimate of drug-likeness (QED) is 0.160. The Morgan fingerprint density at radius 3 is 2.23 bits per heavy atom. The summed E-state index contributed by atoms with van der Waals surface area (Å²) >= 11 is 6.30. The van der Waals surface area contributed by atoms with E-state index in [0.717, 1.165) is 110 Å². The van der Waals surface area contributed by atoms with E-state index in [1.807, 2.05) is 29.2 Å². The summed E-state index contributed by atoms with van der Waals surface area (Å²) in [7, 11) is 1.77. The maximum Gasteiger partial charge on any atom is 0.264 e. The number of rotatable bonds is 8. The molecule has 1 amide bonds. The van der Waals surface area contributed by atoms with Gasteiger partial charge in [0.25, 0.3) is 6.43 Å². The van der Waals surface area contributed by atoms with Gasteiger partial charge in [-0.1, -0.05) is 43.7 Å². The molecule has 0 bridgehead atoms. The second kappa shape index (κ2) is 20.3. The third kappa shape index (κ3) is 10.1. The zero-order valence-electron chi connectivity index (χ0n) is 40.2. The molecule has 0 unspecified atom stereocenters. The maximum absolute atomic E-state index is 14.1. The van der Waals surface area contributed by atoms with Crippen molar-refractivity contribution in [1.29, 1.82) is 5.26 Å². The van der Waals surface area contributed by atoms with E-state index in [0.29, 0.717) is 53.2 Å². The van der Waals surface area contributed by atoms with E-state index in [4.69, 9.17) is 16.9 Å². The number of anilines is 5. The highest BCUT2D eigenvalue weighted by Crippen LogP contribution is 2.45. The van der Waals surface area contributed by atoms with Crippen molar-refractivity contribution in [2.75, 3.05) is 72.0 Å². The van der Waals surface area contributed by atoms with E-state index in [1.165, 1.54) is 70.6 Å². The van der Waals surface area contributed by atoms with Crippen LogP contribution in [0.1, 0.15) is 118 Å². The van der Waals surface area contributed by atoms with Crippen LogP contribution in [0.4, 0.5) is 37.6 Å². The van der Waals surface area contributed by atoms with Crippen molar-refractivity contribution in [2.45, 2.75) is 110 Å². The van der Waals surface area contributed by atoms with Crippen LogP contribution in [0.3, 0.4) is 0 Å². The topological polar surface area (TPSA) is 129 Å². The number of benzene rings is 2. The fourth-order valence-electron chi connectivity index (χ4n) is 12.1. The Kier molecular flexibility index (Phi) is 13.8. The van der Waals surface area contributed by atoms with Gasteiger partial charge in [-0.2, -0.15) is 15.5 Å². The fourth-order valence-corrected chi connectivity index (χ4v) is 12.4. The molecule has 0 radical (unpaired) electrons. The highest BCUT2D eigenvalue weighted by Gasteiger charge is 2.41. The number of carbonyl (C=O) groups is 1. The Bertz CT molecular complexity index is 2640. The number of alkyl halides is 2. The molecule has 3 saturated heterocycles. The van der Waals surface area contributed by atoms with E-state index in [1.54, 1.807) is 42.0 Å². The van der Waals surface area contributed by atoms with Crippen LogP contribution in [-0.4, -0.2) is 93.3 Å². The van der Waals surface area contributed by atoms with Gasteiger partial charge in [0.1, 0.15) is 6.07 Å². The van der Waals surface area contributed by atoms with Gasteiger partial charge in [-0.3, -0.25) is 14.6 Å². The summed E-state index contributed by atoms with van der Waals surface area (Å²) in [5.74, 6) is 4.72. The normalized spacial score (nSPS) is 19.6. The molecule has 0 atom stereocenters. The van der Waals surface area contributed by atoms with Crippen molar-refractivity contribution in [1.82, 2.24) is 35.1 Å². The van der Waals surface area contributed by atoms with E-state index in [9.17, 15) is 13.6 Å². The summed E-state index contributed by atoms with van der Waals surface area (Å²) in [5, 5.41) is 30.8. The van der Waals surface area contributed by atoms with E-state index in [-0.39, 0.29) is 11.5 Å². The summed E-state index contributed by atoms with van der Waals surface area (Å²) in [6, 6.07) is 15.8. The van der Waals surface area contributed by atoms with Crippen molar-refractivity contribution in [3.63, 3.8) is 0 Å². The smallest absolute Gasteiger partial charge is 0.264 e. The predicted octanol–water partition coefficient (Wildman–Crippen LogP) is 10.4. The average Bonchev–Trinajstić information content (AvgIpc) is 4.13. The number of hydrogen-bond acceptors (Lipinski definition) is 10. The van der Waals surface area contributed by atoms with Crippen molar-refractivity contribution in [2.24, 2.45) is 24.3 Å². The number of H-pyrrole nitrogens is 1. The van der Waals surface area contributed by atoms with Gasteiger partial charge in [-0.05, 0) is 122 Å². The minimum atomic E-state index is -2.61. The second-order valence-electron chi connectivity index (χ2n) is 20.6. The number of aromatic nitrogens is 6. The lowest BCUT2D eigenvalue weighted by molar-refractivity contribution is -0.129. The zero-order valence-corrected chi connectivity index (χ0v) is 40.9. The third-order valence-electron chi connectivity index (χ3n) is 16.2. The predicted molar refractivity (Wildman–Crippen MR) is 267 cm³/mol. The van der Waals surface area contributed by atoms with Gasteiger partial charge in [-0.25, -0.2) is 8.78 Å². The molecule has 4 fully saturated rings. The number of amides is 1. The molecule has 69 heavy (non-hydrogen) atoms. The maximum atomic E-state index is 14.1. The Labute approximate surface area is 409 Å².